The van der Waals surface area contributed by atoms with Gasteiger partial charge in [-0.2, -0.15) is 5.10 Å². The van der Waals surface area contributed by atoms with Crippen LogP contribution in [0.5, 0.6) is 0 Å². The Bertz CT molecular complexity index is 909. The van der Waals surface area contributed by atoms with E-state index in [1.54, 1.807) is 13.1 Å². The van der Waals surface area contributed by atoms with Gasteiger partial charge in [-0.05, 0) is 18.9 Å². The number of ether oxygens (including phenoxy) is 1. The second kappa shape index (κ2) is 8.20. The second-order valence-corrected chi connectivity index (χ2v) is 7.93. The van der Waals surface area contributed by atoms with E-state index in [-0.39, 0.29) is 5.91 Å². The number of carbonyl (C=O) groups excluding carboxylic acids is 1. The highest BCUT2D eigenvalue weighted by atomic mass is 35.5. The lowest BCUT2D eigenvalue weighted by Gasteiger charge is -2.29. The fourth-order valence-corrected chi connectivity index (χ4v) is 4.31. The number of aromatic nitrogens is 3. The summed E-state index contributed by atoms with van der Waals surface area (Å²) in [4.78, 5) is 20.2. The molecule has 0 aromatic carbocycles. The first-order valence-corrected chi connectivity index (χ1v) is 10.4. The van der Waals surface area contributed by atoms with Crippen molar-refractivity contribution in [3.63, 3.8) is 0 Å². The topological polar surface area (TPSA) is 75.5 Å². The molecule has 0 radical (unpaired) electrons. The van der Waals surface area contributed by atoms with Gasteiger partial charge in [0.05, 0.1) is 30.2 Å². The number of pyridine rings is 1. The summed E-state index contributed by atoms with van der Waals surface area (Å²) in [5, 5.41) is 8.53. The Kier molecular flexibility index (Phi) is 5.65. The van der Waals surface area contributed by atoms with Gasteiger partial charge in [0.15, 0.2) is 11.0 Å². The molecule has 2 aromatic heterocycles. The van der Waals surface area contributed by atoms with Crippen LogP contribution in [0.3, 0.4) is 0 Å². The Hall–Kier alpha value is -2.32. The highest BCUT2D eigenvalue weighted by Crippen LogP contribution is 2.36. The molecule has 29 heavy (non-hydrogen) atoms. The van der Waals surface area contributed by atoms with Crippen molar-refractivity contribution < 1.29 is 9.53 Å². The zero-order chi connectivity index (χ0) is 20.5. The van der Waals surface area contributed by atoms with Gasteiger partial charge >= 0.3 is 0 Å². The number of nitrogens with zero attached hydrogens (tertiary/aromatic N) is 5. The van der Waals surface area contributed by atoms with Crippen LogP contribution in [0.1, 0.15) is 37.1 Å². The zero-order valence-electron chi connectivity index (χ0n) is 17.1. The number of fused-ring (bicyclic) bond motifs is 1. The molecule has 1 saturated heterocycles. The van der Waals surface area contributed by atoms with Crippen molar-refractivity contribution >= 4 is 34.7 Å². The van der Waals surface area contributed by atoms with Crippen LogP contribution in [0.2, 0.25) is 5.15 Å². The molecule has 0 saturated carbocycles. The molecule has 8 nitrogen and oxygen atoms in total. The minimum absolute atomic E-state index is 0.0914. The van der Waals surface area contributed by atoms with E-state index < -0.39 is 0 Å². The van der Waals surface area contributed by atoms with Crippen LogP contribution < -0.4 is 10.2 Å². The van der Waals surface area contributed by atoms with Crippen LogP contribution in [0, 0.1) is 0 Å². The monoisotopic (exact) mass is 418 g/mol. The van der Waals surface area contributed by atoms with Crippen LogP contribution in [-0.2, 0) is 22.5 Å². The molecule has 9 heteroatoms. The Morgan fingerprint density at radius 2 is 2.14 bits per heavy atom. The molecule has 1 amide bonds. The van der Waals surface area contributed by atoms with Crippen molar-refractivity contribution in [1.29, 1.82) is 0 Å². The van der Waals surface area contributed by atoms with Gasteiger partial charge in [0.1, 0.15) is 0 Å². The molecule has 2 aliphatic rings. The summed E-state index contributed by atoms with van der Waals surface area (Å²) in [5.74, 6) is 0.956. The van der Waals surface area contributed by atoms with Crippen LogP contribution in [-0.4, -0.2) is 59.4 Å². The van der Waals surface area contributed by atoms with Gasteiger partial charge in [-0.3, -0.25) is 9.48 Å². The molecule has 1 N–H and O–H groups in total. The summed E-state index contributed by atoms with van der Waals surface area (Å²) in [7, 11) is 3.80. The van der Waals surface area contributed by atoms with E-state index >= 15 is 0 Å². The quantitative estimate of drug-likeness (QED) is 0.769. The molecule has 0 atom stereocenters. The standard InChI is InChI=1S/C20H27ClN6O2/c1-13(28)26-7-4-18-16(12-26)20(24-27(18)14-5-8-29-9-6-14)25(3)15-10-17(22-2)19(21)23-11-15/h10-11,14,22H,4-9,12H2,1-3H3. The summed E-state index contributed by atoms with van der Waals surface area (Å²) in [6.45, 7) is 4.45. The minimum Gasteiger partial charge on any atom is -0.386 e. The van der Waals surface area contributed by atoms with Gasteiger partial charge in [-0.1, -0.05) is 11.6 Å². The lowest BCUT2D eigenvalue weighted by molar-refractivity contribution is -0.129. The third-order valence-corrected chi connectivity index (χ3v) is 6.15. The van der Waals surface area contributed by atoms with E-state index in [4.69, 9.17) is 21.4 Å². The number of rotatable bonds is 4. The molecule has 0 spiro atoms. The Labute approximate surface area is 175 Å². The van der Waals surface area contributed by atoms with Gasteiger partial charge in [-0.15, -0.1) is 0 Å². The van der Waals surface area contributed by atoms with E-state index in [9.17, 15) is 4.79 Å². The first-order valence-electron chi connectivity index (χ1n) is 10.00. The first kappa shape index (κ1) is 20.0. The third kappa shape index (κ3) is 3.79. The molecule has 2 aromatic rings. The lowest BCUT2D eigenvalue weighted by Crippen LogP contribution is -2.35. The van der Waals surface area contributed by atoms with Gasteiger partial charge in [0, 0.05) is 58.5 Å². The van der Waals surface area contributed by atoms with Crippen molar-refractivity contribution in [3.8, 4) is 0 Å². The smallest absolute Gasteiger partial charge is 0.219 e. The van der Waals surface area contributed by atoms with Gasteiger partial charge in [0.25, 0.3) is 0 Å². The van der Waals surface area contributed by atoms with Crippen LogP contribution in [0.25, 0.3) is 0 Å². The fourth-order valence-electron chi connectivity index (χ4n) is 4.12. The molecule has 4 heterocycles. The number of hydrogen-bond donors (Lipinski definition) is 1. The summed E-state index contributed by atoms with van der Waals surface area (Å²) < 4.78 is 7.73. The lowest BCUT2D eigenvalue weighted by atomic mass is 10.0. The maximum absolute atomic E-state index is 12.0. The molecule has 0 aliphatic carbocycles. The molecule has 0 unspecified atom stereocenters. The average Bonchev–Trinajstić information content (AvgIpc) is 3.13. The number of hydrogen-bond acceptors (Lipinski definition) is 6. The zero-order valence-corrected chi connectivity index (χ0v) is 17.9. The molecular formula is C20H27ClN6O2. The Balaban J connectivity index is 1.75. The number of nitrogens with one attached hydrogen (secondary N) is 1. The van der Waals surface area contributed by atoms with E-state index in [0.29, 0.717) is 17.7 Å². The molecule has 1 fully saturated rings. The molecule has 156 valence electrons. The average molecular weight is 419 g/mol. The predicted octanol–water partition coefficient (Wildman–Crippen LogP) is 3.00. The van der Waals surface area contributed by atoms with E-state index in [2.05, 4.69) is 15.0 Å². The van der Waals surface area contributed by atoms with E-state index in [1.165, 1.54) is 5.69 Å². The number of carbonyl (C=O) groups is 1. The molecular weight excluding hydrogens is 392 g/mol. The van der Waals surface area contributed by atoms with Gasteiger partial charge in [0.2, 0.25) is 5.91 Å². The van der Waals surface area contributed by atoms with Crippen molar-refractivity contribution in [3.05, 3.63) is 28.7 Å². The second-order valence-electron chi connectivity index (χ2n) is 7.57. The van der Waals surface area contributed by atoms with Crippen molar-refractivity contribution in [2.45, 2.75) is 38.8 Å². The van der Waals surface area contributed by atoms with E-state index in [0.717, 1.165) is 61.8 Å². The maximum Gasteiger partial charge on any atom is 0.219 e. The highest BCUT2D eigenvalue weighted by Gasteiger charge is 2.31. The summed E-state index contributed by atoms with van der Waals surface area (Å²) >= 11 is 6.15. The van der Waals surface area contributed by atoms with Crippen molar-refractivity contribution in [2.24, 2.45) is 0 Å². The Morgan fingerprint density at radius 3 is 2.83 bits per heavy atom. The first-order chi connectivity index (χ1) is 14.0. The highest BCUT2D eigenvalue weighted by molar-refractivity contribution is 6.32. The van der Waals surface area contributed by atoms with Gasteiger partial charge < -0.3 is 19.9 Å². The molecule has 0 bridgehead atoms. The van der Waals surface area contributed by atoms with Gasteiger partial charge in [-0.25, -0.2) is 4.98 Å². The van der Waals surface area contributed by atoms with Crippen LogP contribution in [0.4, 0.5) is 17.2 Å². The molecule has 2 aliphatic heterocycles. The SMILES string of the molecule is CNc1cc(N(C)c2nn(C3CCOCC3)c3c2CN(C(C)=O)CC3)cnc1Cl. The molecule has 4 rings (SSSR count). The summed E-state index contributed by atoms with van der Waals surface area (Å²) in [6, 6.07) is 2.29. The number of anilines is 3. The largest absolute Gasteiger partial charge is 0.386 e. The number of amides is 1. The van der Waals surface area contributed by atoms with Crippen molar-refractivity contribution in [2.75, 3.05) is 44.1 Å². The van der Waals surface area contributed by atoms with Crippen LogP contribution >= 0.6 is 11.6 Å². The minimum atomic E-state index is 0.0914. The van der Waals surface area contributed by atoms with Crippen LogP contribution in [0.15, 0.2) is 12.3 Å². The Morgan fingerprint density at radius 1 is 1.38 bits per heavy atom. The normalized spacial score (nSPS) is 17.2. The summed E-state index contributed by atoms with van der Waals surface area (Å²) in [6.07, 6.45) is 4.47. The fraction of sp³-hybridized carbons (Fsp3) is 0.550. The maximum atomic E-state index is 12.0. The third-order valence-electron chi connectivity index (χ3n) is 5.85. The number of halogens is 1. The predicted molar refractivity (Wildman–Crippen MR) is 113 cm³/mol. The van der Waals surface area contributed by atoms with E-state index in [1.807, 2.05) is 30.0 Å². The van der Waals surface area contributed by atoms with Crippen molar-refractivity contribution in [1.82, 2.24) is 19.7 Å². The summed E-state index contributed by atoms with van der Waals surface area (Å²) in [5.41, 5.74) is 3.99.